The molecule has 70 heavy (non-hydrogen) atoms. The minimum absolute atomic E-state index is 0. The summed E-state index contributed by atoms with van der Waals surface area (Å²) in [7, 11) is 0. The van der Waals surface area contributed by atoms with Gasteiger partial charge in [-0.3, -0.25) is 0 Å². The average molecular weight is 1090 g/mol. The molecule has 1 aliphatic heterocycles. The molecule has 0 fully saturated rings. The summed E-state index contributed by atoms with van der Waals surface area (Å²) in [6.45, 7) is 18.0. The minimum atomic E-state index is 0. The number of nitrogens with zero attached hydrogens (tertiary/aromatic N) is 4. The van der Waals surface area contributed by atoms with Gasteiger partial charge in [0.1, 0.15) is 5.82 Å². The fraction of sp³-hybridized carbons (Fsp3) is 0.156. The number of rotatable bonds is 10. The Kier molecular flexibility index (Phi) is 12.6. The number of anilines is 4. The van der Waals surface area contributed by atoms with Gasteiger partial charge in [0.15, 0.2) is 0 Å². The van der Waals surface area contributed by atoms with E-state index in [9.17, 15) is 0 Å². The smallest absolute Gasteiger partial charge is 0.136 e. The van der Waals surface area contributed by atoms with E-state index in [4.69, 9.17) is 9.72 Å². The first-order valence-corrected chi connectivity index (χ1v) is 24.1. The van der Waals surface area contributed by atoms with Gasteiger partial charge in [0.2, 0.25) is 0 Å². The van der Waals surface area contributed by atoms with Crippen LogP contribution in [0.1, 0.15) is 77.0 Å². The Morgan fingerprint density at radius 1 is 0.543 bits per heavy atom. The van der Waals surface area contributed by atoms with E-state index < -0.39 is 0 Å². The molecule has 0 radical (unpaired) electrons. The number of ether oxygens (including phenoxy) is 1. The molecule has 3 heterocycles. The summed E-state index contributed by atoms with van der Waals surface area (Å²) in [6, 6.07) is 72.3. The SMILES string of the molecule is CC(C)c1ccc(-c2ccnc(-n3c4[c-]c(Oc5[c-]c(N6[CH-]N(c7cccc(C(C)(C)C)c7)c7ccccc76)ccc5)ccc4c4cc(-c5ccccc5-c5ccccc5)ccc43)c2)c(C(C)C)c1.[Pt]. The van der Waals surface area contributed by atoms with Crippen LogP contribution >= 0.6 is 0 Å². The Balaban J connectivity index is 0.00000567. The normalized spacial score (nSPS) is 12.5. The minimum Gasteiger partial charge on any atom is -0.509 e. The van der Waals surface area contributed by atoms with Crippen LogP contribution in [0.4, 0.5) is 22.7 Å². The zero-order valence-corrected chi connectivity index (χ0v) is 42.9. The molecule has 0 atom stereocenters. The van der Waals surface area contributed by atoms with Gasteiger partial charge < -0.3 is 19.1 Å². The molecule has 2 aromatic heterocycles. The quantitative estimate of drug-likeness (QED) is 0.128. The average Bonchev–Trinajstić information content (AvgIpc) is 3.92. The van der Waals surface area contributed by atoms with Crippen molar-refractivity contribution in [2.75, 3.05) is 9.80 Å². The van der Waals surface area contributed by atoms with Gasteiger partial charge >= 0.3 is 0 Å². The van der Waals surface area contributed by atoms with E-state index in [0.29, 0.717) is 23.3 Å². The van der Waals surface area contributed by atoms with Crippen molar-refractivity contribution in [1.29, 1.82) is 0 Å². The van der Waals surface area contributed by atoms with Gasteiger partial charge in [0, 0.05) is 61.3 Å². The third kappa shape index (κ3) is 8.73. The zero-order valence-electron chi connectivity index (χ0n) is 40.6. The summed E-state index contributed by atoms with van der Waals surface area (Å²) < 4.78 is 8.99. The van der Waals surface area contributed by atoms with Crippen molar-refractivity contribution < 1.29 is 25.8 Å². The van der Waals surface area contributed by atoms with Crippen LogP contribution < -0.4 is 14.5 Å². The molecule has 0 bridgehead atoms. The van der Waals surface area contributed by atoms with Crippen LogP contribution in [0.3, 0.4) is 0 Å². The predicted octanol–water partition coefficient (Wildman–Crippen LogP) is 17.5. The standard InChI is InChI=1S/C64H55N4O.Pt/c1-42(2)45-27-30-55(57(35-45)43(3)4)47-33-34-65-63(37-47)68-59-32-28-46(54-24-12-11-23-53(54)44-17-9-8-10-18-44)36-58(59)56-31-29-52(40-62(56)68)69-51-22-16-21-50(39-51)67-41-66(60-25-13-14-26-61(60)67)49-20-15-19-48(38-49)64(5,6)7;/h8-38,41-43H,1-7H3;/q-3;. The molecule has 0 saturated carbocycles. The third-order valence-corrected chi connectivity index (χ3v) is 13.5. The molecule has 0 saturated heterocycles. The van der Waals surface area contributed by atoms with Crippen LogP contribution in [0, 0.1) is 18.8 Å². The maximum absolute atomic E-state index is 6.75. The Hall–Kier alpha value is -7.20. The van der Waals surface area contributed by atoms with Gasteiger partial charge in [-0.05, 0) is 115 Å². The van der Waals surface area contributed by atoms with Crippen LogP contribution in [0.25, 0.3) is 61.0 Å². The number of pyridine rings is 1. The molecule has 10 aromatic rings. The summed E-state index contributed by atoms with van der Waals surface area (Å²) >= 11 is 0. The first-order valence-electron chi connectivity index (χ1n) is 24.1. The van der Waals surface area contributed by atoms with E-state index in [1.54, 1.807) is 0 Å². The van der Waals surface area contributed by atoms with E-state index >= 15 is 0 Å². The molecule has 0 aliphatic carbocycles. The van der Waals surface area contributed by atoms with Crippen molar-refractivity contribution in [2.24, 2.45) is 0 Å². The summed E-state index contributed by atoms with van der Waals surface area (Å²) in [4.78, 5) is 9.52. The first-order chi connectivity index (χ1) is 33.5. The van der Waals surface area contributed by atoms with Crippen LogP contribution in [0.2, 0.25) is 0 Å². The molecular formula is C64H55N4OPt-3. The summed E-state index contributed by atoms with van der Waals surface area (Å²) in [5.41, 5.74) is 17.1. The van der Waals surface area contributed by atoms with Crippen molar-refractivity contribution in [3.05, 3.63) is 224 Å². The van der Waals surface area contributed by atoms with Gasteiger partial charge in [-0.2, -0.15) is 12.1 Å². The monoisotopic (exact) mass is 1090 g/mol. The number of para-hydroxylation sites is 2. The van der Waals surface area contributed by atoms with Crippen LogP contribution in [0.15, 0.2) is 188 Å². The van der Waals surface area contributed by atoms with E-state index in [1.807, 2.05) is 24.4 Å². The van der Waals surface area contributed by atoms with Crippen molar-refractivity contribution in [1.82, 2.24) is 9.55 Å². The molecule has 1 aliphatic rings. The van der Waals surface area contributed by atoms with Gasteiger partial charge in [-0.25, -0.2) is 4.98 Å². The third-order valence-electron chi connectivity index (χ3n) is 13.5. The number of aromatic nitrogens is 2. The fourth-order valence-corrected chi connectivity index (χ4v) is 9.77. The number of fused-ring (bicyclic) bond motifs is 4. The number of benzene rings is 8. The molecule has 6 heteroatoms. The van der Waals surface area contributed by atoms with E-state index in [0.717, 1.165) is 61.5 Å². The van der Waals surface area contributed by atoms with E-state index in [-0.39, 0.29) is 26.5 Å². The molecule has 350 valence electrons. The molecule has 0 N–H and O–H groups in total. The molecular weight excluding hydrogens is 1040 g/mol. The van der Waals surface area contributed by atoms with Crippen LogP contribution in [-0.2, 0) is 26.5 Å². The van der Waals surface area contributed by atoms with Crippen LogP contribution in [0.5, 0.6) is 11.5 Å². The Morgan fingerprint density at radius 3 is 2.00 bits per heavy atom. The Bertz CT molecular complexity index is 3530. The second kappa shape index (κ2) is 18.9. The Labute approximate surface area is 427 Å². The zero-order chi connectivity index (χ0) is 47.4. The van der Waals surface area contributed by atoms with Crippen molar-refractivity contribution in [3.63, 3.8) is 0 Å². The number of hydrogen-bond donors (Lipinski definition) is 0. The summed E-state index contributed by atoms with van der Waals surface area (Å²) in [5, 5.41) is 2.17. The molecule has 0 unspecified atom stereocenters. The molecule has 0 amide bonds. The van der Waals surface area contributed by atoms with Gasteiger partial charge in [-0.1, -0.05) is 163 Å². The van der Waals surface area contributed by atoms with Gasteiger partial charge in [0.05, 0.1) is 0 Å². The van der Waals surface area contributed by atoms with Crippen molar-refractivity contribution >= 4 is 44.6 Å². The predicted molar refractivity (Wildman–Crippen MR) is 287 cm³/mol. The van der Waals surface area contributed by atoms with Crippen molar-refractivity contribution in [2.45, 2.75) is 65.7 Å². The topological polar surface area (TPSA) is 33.5 Å². The second-order valence-corrected chi connectivity index (χ2v) is 19.8. The first kappa shape index (κ1) is 46.5. The Morgan fingerprint density at radius 2 is 1.24 bits per heavy atom. The van der Waals surface area contributed by atoms with Gasteiger partial charge in [-0.15, -0.1) is 48.1 Å². The van der Waals surface area contributed by atoms with Crippen LogP contribution in [-0.4, -0.2) is 9.55 Å². The molecule has 8 aromatic carbocycles. The second-order valence-electron chi connectivity index (χ2n) is 19.8. The number of hydrogen-bond acceptors (Lipinski definition) is 4. The largest absolute Gasteiger partial charge is 0.509 e. The van der Waals surface area contributed by atoms with E-state index in [1.165, 1.54) is 38.9 Å². The summed E-state index contributed by atoms with van der Waals surface area (Å²) in [5.74, 6) is 2.79. The fourth-order valence-electron chi connectivity index (χ4n) is 9.77. The van der Waals surface area contributed by atoms with E-state index in [2.05, 4.69) is 245 Å². The van der Waals surface area contributed by atoms with Gasteiger partial charge in [0.25, 0.3) is 0 Å². The maximum atomic E-state index is 6.75. The molecule has 5 nitrogen and oxygen atoms in total. The molecule has 0 spiro atoms. The van der Waals surface area contributed by atoms with Crippen molar-refractivity contribution in [3.8, 4) is 50.7 Å². The molecule has 11 rings (SSSR count). The summed E-state index contributed by atoms with van der Waals surface area (Å²) in [6.07, 6.45) is 1.93. The maximum Gasteiger partial charge on any atom is 0.136 e.